The number of H-pyrrole nitrogens is 2. The molecular formula is C15H21N5O6S. The number of hydrogen-bond donors (Lipinski definition) is 5. The molecular weight excluding hydrogens is 378 g/mol. The minimum absolute atomic E-state index is 0.0698. The molecule has 27 heavy (non-hydrogen) atoms. The second-order valence-corrected chi connectivity index (χ2v) is 9.05. The van der Waals surface area contributed by atoms with E-state index in [2.05, 4.69) is 15.3 Å². The van der Waals surface area contributed by atoms with Crippen LogP contribution in [0.25, 0.3) is 0 Å². The number of aliphatic hydroxyl groups is 1. The standard InChI is InChI=1S/C15H21N5O6S/c1-6-10-5-16-14-17-8(13(22)9-4-12(21)19-15(23)18-9)2-7(20(10)14)3-11(6)27(24,25)26/h4,6-8,10-11,13,22H,2-3,5H2,1H3,(H,16,17)(H,24,25,26)(H2,18,19,21,23)/t6-,7+,8-,10-,11+,13-/m1/s1. The Morgan fingerprint density at radius 1 is 1.30 bits per heavy atom. The highest BCUT2D eigenvalue weighted by atomic mass is 32.2. The number of nitrogens with one attached hydrogen (secondary N) is 3. The van der Waals surface area contributed by atoms with Crippen LogP contribution in [0.3, 0.4) is 0 Å². The van der Waals surface area contributed by atoms with Gasteiger partial charge in [-0.1, -0.05) is 6.92 Å². The summed E-state index contributed by atoms with van der Waals surface area (Å²) >= 11 is 0. The predicted molar refractivity (Wildman–Crippen MR) is 95.0 cm³/mol. The average molecular weight is 399 g/mol. The van der Waals surface area contributed by atoms with Crippen LogP contribution in [-0.2, 0) is 10.1 Å². The molecule has 1 aromatic rings. The van der Waals surface area contributed by atoms with Gasteiger partial charge >= 0.3 is 5.69 Å². The highest BCUT2D eigenvalue weighted by molar-refractivity contribution is 7.86. The monoisotopic (exact) mass is 399 g/mol. The van der Waals surface area contributed by atoms with Crippen LogP contribution in [0, 0.1) is 5.92 Å². The lowest BCUT2D eigenvalue weighted by atomic mass is 9.82. The molecule has 0 aliphatic carbocycles. The molecule has 3 aliphatic heterocycles. The van der Waals surface area contributed by atoms with Crippen LogP contribution < -0.4 is 16.6 Å². The molecule has 0 unspecified atom stereocenters. The zero-order chi connectivity index (χ0) is 19.5. The molecule has 2 fully saturated rings. The van der Waals surface area contributed by atoms with Crippen LogP contribution in [0.4, 0.5) is 0 Å². The molecule has 11 nitrogen and oxygen atoms in total. The summed E-state index contributed by atoms with van der Waals surface area (Å²) in [5.41, 5.74) is -1.27. The largest absolute Gasteiger partial charge is 0.385 e. The summed E-state index contributed by atoms with van der Waals surface area (Å²) in [4.78, 5) is 33.9. The molecule has 0 amide bonds. The highest BCUT2D eigenvalue weighted by Gasteiger charge is 2.52. The first-order chi connectivity index (χ1) is 12.6. The molecule has 1 aromatic heterocycles. The molecule has 12 heteroatoms. The molecule has 5 N–H and O–H groups in total. The van der Waals surface area contributed by atoms with Crippen molar-refractivity contribution in [1.82, 2.24) is 20.2 Å². The van der Waals surface area contributed by atoms with E-state index in [0.717, 1.165) is 6.07 Å². The number of nitrogens with zero attached hydrogens (tertiary/aromatic N) is 2. The fourth-order valence-electron chi connectivity index (χ4n) is 4.53. The van der Waals surface area contributed by atoms with Gasteiger partial charge in [-0.05, 0) is 18.8 Å². The third kappa shape index (κ3) is 3.07. The van der Waals surface area contributed by atoms with Gasteiger partial charge in [0.2, 0.25) is 0 Å². The van der Waals surface area contributed by atoms with Crippen LogP contribution in [0.2, 0.25) is 0 Å². The van der Waals surface area contributed by atoms with E-state index in [1.54, 1.807) is 6.92 Å². The lowest BCUT2D eigenvalue weighted by molar-refractivity contribution is 0.0595. The van der Waals surface area contributed by atoms with Crippen molar-refractivity contribution in [1.29, 1.82) is 0 Å². The first-order valence-electron chi connectivity index (χ1n) is 8.72. The average Bonchev–Trinajstić information content (AvgIpc) is 3.00. The maximum Gasteiger partial charge on any atom is 0.325 e. The fourth-order valence-corrected chi connectivity index (χ4v) is 5.72. The maximum absolute atomic E-state index is 11.8. The Bertz CT molecular complexity index is 972. The van der Waals surface area contributed by atoms with E-state index < -0.39 is 38.8 Å². The Labute approximate surface area is 154 Å². The zero-order valence-corrected chi connectivity index (χ0v) is 15.3. The van der Waals surface area contributed by atoms with Gasteiger partial charge in [-0.15, -0.1) is 0 Å². The first-order valence-corrected chi connectivity index (χ1v) is 10.2. The Morgan fingerprint density at radius 2 is 2.04 bits per heavy atom. The number of aliphatic hydroxyl groups excluding tert-OH is 1. The fraction of sp³-hybridized carbons (Fsp3) is 0.667. The van der Waals surface area contributed by atoms with Crippen molar-refractivity contribution in [2.75, 3.05) is 6.54 Å². The van der Waals surface area contributed by atoms with Crippen molar-refractivity contribution in [2.24, 2.45) is 10.9 Å². The second kappa shape index (κ2) is 6.17. The Morgan fingerprint density at radius 3 is 2.70 bits per heavy atom. The van der Waals surface area contributed by atoms with E-state index in [4.69, 9.17) is 0 Å². The van der Waals surface area contributed by atoms with Crippen molar-refractivity contribution in [3.8, 4) is 0 Å². The van der Waals surface area contributed by atoms with Gasteiger partial charge in [0.1, 0.15) is 6.10 Å². The number of piperidine rings is 1. The van der Waals surface area contributed by atoms with Gasteiger partial charge in [0.25, 0.3) is 15.7 Å². The number of hydrogen-bond acceptors (Lipinski definition) is 8. The maximum atomic E-state index is 11.8. The van der Waals surface area contributed by atoms with Crippen molar-refractivity contribution in [3.05, 3.63) is 32.6 Å². The smallest absolute Gasteiger partial charge is 0.325 e. The lowest BCUT2D eigenvalue weighted by Gasteiger charge is -2.50. The summed E-state index contributed by atoms with van der Waals surface area (Å²) in [6.07, 6.45) is -0.608. The third-order valence-electron chi connectivity index (χ3n) is 5.83. The van der Waals surface area contributed by atoms with Gasteiger partial charge in [-0.2, -0.15) is 8.42 Å². The summed E-state index contributed by atoms with van der Waals surface area (Å²) in [5.74, 6) is 0.276. The van der Waals surface area contributed by atoms with Gasteiger partial charge in [-0.3, -0.25) is 19.3 Å². The molecule has 148 valence electrons. The SMILES string of the molecule is C[C@@H]1[C@H]2CN=C3N[C@@H]([C@@H](O)c4cc(=O)[nH]c(=O)[nH]4)C[C@@H](C[C@@H]1S(=O)(=O)O)N32. The number of aromatic amines is 2. The lowest BCUT2D eigenvalue weighted by Crippen LogP contribution is -2.65. The topological polar surface area (TPSA) is 168 Å². The van der Waals surface area contributed by atoms with E-state index in [1.807, 2.05) is 9.88 Å². The first kappa shape index (κ1) is 18.2. The van der Waals surface area contributed by atoms with Crippen molar-refractivity contribution in [3.63, 3.8) is 0 Å². The summed E-state index contributed by atoms with van der Waals surface area (Å²) in [7, 11) is -4.20. The molecule has 6 atom stereocenters. The van der Waals surface area contributed by atoms with E-state index >= 15 is 0 Å². The molecule has 4 rings (SSSR count). The zero-order valence-electron chi connectivity index (χ0n) is 14.5. The minimum Gasteiger partial charge on any atom is -0.385 e. The van der Waals surface area contributed by atoms with Gasteiger partial charge in [0, 0.05) is 12.1 Å². The van der Waals surface area contributed by atoms with Gasteiger partial charge in [0.05, 0.1) is 29.6 Å². The molecule has 0 saturated carbocycles. The summed E-state index contributed by atoms with van der Waals surface area (Å²) in [5, 5.41) is 12.9. The van der Waals surface area contributed by atoms with Crippen LogP contribution >= 0.6 is 0 Å². The number of aliphatic imine (C=N–C) groups is 1. The molecule has 2 saturated heterocycles. The van der Waals surface area contributed by atoms with Crippen LogP contribution in [0.1, 0.15) is 31.6 Å². The minimum atomic E-state index is -4.20. The Kier molecular flexibility index (Phi) is 4.16. The normalized spacial score (nSPS) is 33.8. The Balaban J connectivity index is 1.63. The van der Waals surface area contributed by atoms with Crippen LogP contribution in [0.5, 0.6) is 0 Å². The van der Waals surface area contributed by atoms with Gasteiger partial charge in [-0.25, -0.2) is 4.79 Å². The number of aromatic nitrogens is 2. The Hall–Kier alpha value is -2.18. The highest BCUT2D eigenvalue weighted by Crippen LogP contribution is 2.39. The van der Waals surface area contributed by atoms with Crippen LogP contribution in [-0.4, -0.2) is 68.8 Å². The molecule has 0 aromatic carbocycles. The number of rotatable bonds is 3. The van der Waals surface area contributed by atoms with Gasteiger partial charge in [0.15, 0.2) is 5.96 Å². The van der Waals surface area contributed by atoms with Crippen molar-refractivity contribution < 1.29 is 18.1 Å². The van der Waals surface area contributed by atoms with E-state index in [9.17, 15) is 27.7 Å². The third-order valence-corrected chi connectivity index (χ3v) is 7.21. The molecule has 3 aliphatic rings. The quantitative estimate of drug-likeness (QED) is 0.370. The second-order valence-electron chi connectivity index (χ2n) is 7.42. The van der Waals surface area contributed by atoms with Crippen molar-refractivity contribution >= 4 is 16.1 Å². The van der Waals surface area contributed by atoms with E-state index in [1.165, 1.54) is 0 Å². The van der Waals surface area contributed by atoms with E-state index in [-0.39, 0.29) is 30.1 Å². The molecule has 0 spiro atoms. The predicted octanol–water partition coefficient (Wildman–Crippen LogP) is -1.84. The van der Waals surface area contributed by atoms with Crippen molar-refractivity contribution in [2.45, 2.75) is 49.2 Å². The molecule has 4 heterocycles. The van der Waals surface area contributed by atoms with Crippen LogP contribution in [0.15, 0.2) is 20.6 Å². The number of guanidine groups is 1. The summed E-state index contributed by atoms with van der Waals surface area (Å²) in [6, 6.07) is 0.157. The molecule has 0 bridgehead atoms. The summed E-state index contributed by atoms with van der Waals surface area (Å²) < 4.78 is 33.2. The van der Waals surface area contributed by atoms with E-state index in [0.29, 0.717) is 18.9 Å². The molecule has 0 radical (unpaired) electrons. The van der Waals surface area contributed by atoms with Gasteiger partial charge < -0.3 is 20.3 Å². The summed E-state index contributed by atoms with van der Waals surface area (Å²) in [6.45, 7) is 2.19.